The van der Waals surface area contributed by atoms with Gasteiger partial charge in [-0.25, -0.2) is 4.98 Å². The first-order valence-electron chi connectivity index (χ1n) is 5.43. The summed E-state index contributed by atoms with van der Waals surface area (Å²) in [5.74, 6) is 1.86. The number of hydrogen-bond acceptors (Lipinski definition) is 6. The molecule has 0 radical (unpaired) electrons. The van der Waals surface area contributed by atoms with E-state index >= 15 is 0 Å². The second-order valence-electron chi connectivity index (χ2n) is 3.71. The van der Waals surface area contributed by atoms with Gasteiger partial charge in [0.2, 0.25) is 6.79 Å². The standard InChI is InChI=1S/C12H9N3O3S/c13-11(19)8-3-4-14-12(15-8)18-7-1-2-9-10(5-7)17-6-16-9/h1-5H,6H2,(H2,13,19). The van der Waals surface area contributed by atoms with Gasteiger partial charge in [0.25, 0.3) is 0 Å². The Kier molecular flexibility index (Phi) is 2.88. The highest BCUT2D eigenvalue weighted by Gasteiger charge is 2.14. The van der Waals surface area contributed by atoms with E-state index in [2.05, 4.69) is 9.97 Å². The summed E-state index contributed by atoms with van der Waals surface area (Å²) >= 11 is 4.85. The molecule has 1 aliphatic rings. The van der Waals surface area contributed by atoms with Crippen LogP contribution in [0.15, 0.2) is 30.5 Å². The van der Waals surface area contributed by atoms with Gasteiger partial charge in [-0.2, -0.15) is 4.98 Å². The SMILES string of the molecule is NC(=S)c1ccnc(Oc2ccc3c(c2)OCO3)n1. The first-order valence-corrected chi connectivity index (χ1v) is 5.83. The molecule has 2 aromatic rings. The molecule has 1 aromatic carbocycles. The Morgan fingerprint density at radius 1 is 1.26 bits per heavy atom. The Morgan fingerprint density at radius 3 is 2.95 bits per heavy atom. The second-order valence-corrected chi connectivity index (χ2v) is 4.15. The number of ether oxygens (including phenoxy) is 3. The topological polar surface area (TPSA) is 79.5 Å². The lowest BCUT2D eigenvalue weighted by molar-refractivity contribution is 0.174. The Labute approximate surface area is 114 Å². The van der Waals surface area contributed by atoms with Crippen LogP contribution in [0.25, 0.3) is 0 Å². The molecular formula is C12H9N3O3S. The molecule has 0 amide bonds. The number of hydrogen-bond donors (Lipinski definition) is 1. The van der Waals surface area contributed by atoms with Crippen molar-refractivity contribution >= 4 is 17.2 Å². The van der Waals surface area contributed by atoms with Crippen LogP contribution in [0, 0.1) is 0 Å². The zero-order chi connectivity index (χ0) is 13.2. The summed E-state index contributed by atoms with van der Waals surface area (Å²) in [6, 6.07) is 7.00. The van der Waals surface area contributed by atoms with Crippen molar-refractivity contribution < 1.29 is 14.2 Å². The number of rotatable bonds is 3. The molecule has 2 N–H and O–H groups in total. The Morgan fingerprint density at radius 2 is 2.11 bits per heavy atom. The smallest absolute Gasteiger partial charge is 0.322 e. The summed E-state index contributed by atoms with van der Waals surface area (Å²) in [4.78, 5) is 8.27. The largest absolute Gasteiger partial charge is 0.454 e. The number of thiocarbonyl (C=S) groups is 1. The van der Waals surface area contributed by atoms with Crippen LogP contribution in [0.1, 0.15) is 5.69 Å². The third kappa shape index (κ3) is 2.41. The molecule has 1 aromatic heterocycles. The van der Waals surface area contributed by atoms with Crippen molar-refractivity contribution in [1.82, 2.24) is 9.97 Å². The van der Waals surface area contributed by atoms with Gasteiger partial charge < -0.3 is 19.9 Å². The van der Waals surface area contributed by atoms with Crippen molar-refractivity contribution in [2.24, 2.45) is 5.73 Å². The first-order chi connectivity index (χ1) is 9.22. The van der Waals surface area contributed by atoms with Gasteiger partial charge in [0, 0.05) is 12.3 Å². The lowest BCUT2D eigenvalue weighted by atomic mass is 10.3. The first kappa shape index (κ1) is 11.7. The Bertz CT molecular complexity index is 648. The van der Waals surface area contributed by atoms with Crippen LogP contribution in [-0.2, 0) is 0 Å². The van der Waals surface area contributed by atoms with Gasteiger partial charge in [0.1, 0.15) is 16.4 Å². The molecule has 0 atom stereocenters. The van der Waals surface area contributed by atoms with Gasteiger partial charge in [-0.15, -0.1) is 0 Å². The summed E-state index contributed by atoms with van der Waals surface area (Å²) < 4.78 is 16.0. The van der Waals surface area contributed by atoms with E-state index in [1.165, 1.54) is 6.20 Å². The molecule has 96 valence electrons. The zero-order valence-electron chi connectivity index (χ0n) is 9.70. The van der Waals surface area contributed by atoms with E-state index in [9.17, 15) is 0 Å². The van der Waals surface area contributed by atoms with Crippen LogP contribution in [0.4, 0.5) is 0 Å². The van der Waals surface area contributed by atoms with Crippen molar-refractivity contribution in [2.75, 3.05) is 6.79 Å². The summed E-state index contributed by atoms with van der Waals surface area (Å²) in [5.41, 5.74) is 5.96. The molecule has 3 rings (SSSR count). The van der Waals surface area contributed by atoms with Crippen molar-refractivity contribution in [3.05, 3.63) is 36.2 Å². The maximum atomic E-state index is 5.52. The van der Waals surface area contributed by atoms with Crippen LogP contribution in [-0.4, -0.2) is 21.7 Å². The number of aromatic nitrogens is 2. The number of benzene rings is 1. The number of nitrogens with zero attached hydrogens (tertiary/aromatic N) is 2. The molecule has 6 nitrogen and oxygen atoms in total. The lowest BCUT2D eigenvalue weighted by Crippen LogP contribution is -2.12. The van der Waals surface area contributed by atoms with E-state index in [-0.39, 0.29) is 17.8 Å². The van der Waals surface area contributed by atoms with Gasteiger partial charge in [-0.05, 0) is 18.2 Å². The van der Waals surface area contributed by atoms with E-state index in [0.717, 1.165) is 0 Å². The monoisotopic (exact) mass is 275 g/mol. The van der Waals surface area contributed by atoms with Crippen molar-refractivity contribution in [3.63, 3.8) is 0 Å². The molecule has 0 aliphatic carbocycles. The van der Waals surface area contributed by atoms with Crippen LogP contribution in [0.3, 0.4) is 0 Å². The minimum atomic E-state index is 0.171. The molecule has 0 saturated heterocycles. The average Bonchev–Trinajstić information content (AvgIpc) is 2.86. The summed E-state index contributed by atoms with van der Waals surface area (Å²) in [5, 5.41) is 0. The van der Waals surface area contributed by atoms with Crippen LogP contribution in [0.2, 0.25) is 0 Å². The maximum absolute atomic E-state index is 5.52. The van der Waals surface area contributed by atoms with Crippen molar-refractivity contribution in [1.29, 1.82) is 0 Å². The molecule has 0 saturated carbocycles. The van der Waals surface area contributed by atoms with Gasteiger partial charge in [-0.3, -0.25) is 0 Å². The van der Waals surface area contributed by atoms with Gasteiger partial charge >= 0.3 is 6.01 Å². The van der Waals surface area contributed by atoms with E-state index < -0.39 is 0 Å². The van der Waals surface area contributed by atoms with E-state index in [0.29, 0.717) is 22.9 Å². The van der Waals surface area contributed by atoms with Crippen LogP contribution < -0.4 is 19.9 Å². The summed E-state index contributed by atoms with van der Waals surface area (Å²) in [6.45, 7) is 0.214. The fourth-order valence-electron chi connectivity index (χ4n) is 1.57. The zero-order valence-corrected chi connectivity index (χ0v) is 10.5. The molecule has 1 aliphatic heterocycles. The molecular weight excluding hydrogens is 266 g/mol. The third-order valence-corrected chi connectivity index (χ3v) is 2.65. The van der Waals surface area contributed by atoms with E-state index in [1.54, 1.807) is 24.3 Å². The van der Waals surface area contributed by atoms with E-state index in [1.807, 2.05) is 0 Å². The highest BCUT2D eigenvalue weighted by atomic mass is 32.1. The molecule has 0 fully saturated rings. The lowest BCUT2D eigenvalue weighted by Gasteiger charge is -2.05. The van der Waals surface area contributed by atoms with Gasteiger partial charge in [0.05, 0.1) is 0 Å². The molecule has 0 bridgehead atoms. The van der Waals surface area contributed by atoms with Crippen molar-refractivity contribution in [3.8, 4) is 23.3 Å². The molecule has 2 heterocycles. The normalized spacial score (nSPS) is 12.2. The van der Waals surface area contributed by atoms with Crippen LogP contribution in [0.5, 0.6) is 23.3 Å². The summed E-state index contributed by atoms with van der Waals surface area (Å²) in [6.07, 6.45) is 1.53. The third-order valence-electron chi connectivity index (χ3n) is 2.44. The predicted octanol–water partition coefficient (Wildman–Crippen LogP) is 1.63. The molecule has 0 spiro atoms. The Balaban J connectivity index is 1.85. The maximum Gasteiger partial charge on any atom is 0.322 e. The predicted molar refractivity (Wildman–Crippen MR) is 70.6 cm³/mol. The molecule has 0 unspecified atom stereocenters. The summed E-state index contributed by atoms with van der Waals surface area (Å²) in [7, 11) is 0. The quantitative estimate of drug-likeness (QED) is 0.853. The molecule has 7 heteroatoms. The van der Waals surface area contributed by atoms with E-state index in [4.69, 9.17) is 32.2 Å². The number of nitrogens with two attached hydrogens (primary N) is 1. The van der Waals surface area contributed by atoms with Gasteiger partial charge in [0.15, 0.2) is 11.5 Å². The molecule has 19 heavy (non-hydrogen) atoms. The minimum Gasteiger partial charge on any atom is -0.454 e. The fraction of sp³-hybridized carbons (Fsp3) is 0.0833. The minimum absolute atomic E-state index is 0.171. The number of fused-ring (bicyclic) bond motifs is 1. The highest BCUT2D eigenvalue weighted by molar-refractivity contribution is 7.80. The van der Waals surface area contributed by atoms with Crippen molar-refractivity contribution in [2.45, 2.75) is 0 Å². The highest BCUT2D eigenvalue weighted by Crippen LogP contribution is 2.35. The average molecular weight is 275 g/mol. The van der Waals surface area contributed by atoms with Gasteiger partial charge in [-0.1, -0.05) is 12.2 Å². The van der Waals surface area contributed by atoms with Crippen LogP contribution >= 0.6 is 12.2 Å². The second kappa shape index (κ2) is 4.69. The Hall–Kier alpha value is -2.41. The fourth-order valence-corrected chi connectivity index (χ4v) is 1.69.